The number of ether oxygens (including phenoxy) is 2. The van der Waals surface area contributed by atoms with E-state index in [1.807, 2.05) is 29.2 Å². The van der Waals surface area contributed by atoms with Crippen molar-refractivity contribution in [3.05, 3.63) is 65.8 Å². The van der Waals surface area contributed by atoms with Gasteiger partial charge in [-0.15, -0.1) is 0 Å². The SMILES string of the molecule is CCOCC12CC(=CN)C(=Nc3ccc(F)cc3)C=C1CCN(S(=O)c1cnc3c(c1)OCCN3C)C2. The summed E-state index contributed by atoms with van der Waals surface area (Å²) in [6, 6.07) is 7.93. The van der Waals surface area contributed by atoms with Crippen molar-refractivity contribution in [3.8, 4) is 5.75 Å². The van der Waals surface area contributed by atoms with Gasteiger partial charge in [-0.1, -0.05) is 5.57 Å². The third-order valence-electron chi connectivity index (χ3n) is 7.11. The van der Waals surface area contributed by atoms with Crippen LogP contribution in [0.2, 0.25) is 0 Å². The second-order valence-corrected chi connectivity index (χ2v) is 11.0. The second-order valence-electron chi connectivity index (χ2n) is 9.55. The highest BCUT2D eigenvalue weighted by Crippen LogP contribution is 2.45. The van der Waals surface area contributed by atoms with Crippen molar-refractivity contribution >= 4 is 28.2 Å². The molecule has 3 aliphatic rings. The fraction of sp³-hybridized carbons (Fsp3) is 0.407. The molecular formula is C27H32FN5O3S. The molecule has 10 heteroatoms. The van der Waals surface area contributed by atoms with Crippen LogP contribution >= 0.6 is 0 Å². The molecule has 2 N–H and O–H groups in total. The normalized spacial score (nSPS) is 24.8. The number of aromatic nitrogens is 1. The molecule has 0 amide bonds. The first kappa shape index (κ1) is 25.6. The lowest BCUT2D eigenvalue weighted by molar-refractivity contribution is 0.0488. The highest BCUT2D eigenvalue weighted by atomic mass is 32.2. The van der Waals surface area contributed by atoms with E-state index >= 15 is 0 Å². The Hall–Kier alpha value is -3.08. The highest BCUT2D eigenvalue weighted by molar-refractivity contribution is 7.82. The minimum Gasteiger partial charge on any atom is -0.488 e. The van der Waals surface area contributed by atoms with Gasteiger partial charge in [-0.3, -0.25) is 0 Å². The predicted molar refractivity (Wildman–Crippen MR) is 143 cm³/mol. The van der Waals surface area contributed by atoms with Crippen molar-refractivity contribution in [2.24, 2.45) is 16.1 Å². The minimum absolute atomic E-state index is 0.302. The number of pyridine rings is 1. The van der Waals surface area contributed by atoms with Crippen LogP contribution in [-0.4, -0.2) is 65.7 Å². The average Bonchev–Trinajstić information content (AvgIpc) is 2.92. The van der Waals surface area contributed by atoms with Gasteiger partial charge < -0.3 is 20.1 Å². The zero-order valence-electron chi connectivity index (χ0n) is 21.2. The van der Waals surface area contributed by atoms with Gasteiger partial charge in [0.2, 0.25) is 0 Å². The molecule has 5 rings (SSSR count). The molecule has 1 aliphatic carbocycles. The summed E-state index contributed by atoms with van der Waals surface area (Å²) in [7, 11) is 0.564. The molecule has 1 aromatic carbocycles. The van der Waals surface area contributed by atoms with Gasteiger partial charge >= 0.3 is 0 Å². The van der Waals surface area contributed by atoms with Crippen LogP contribution < -0.4 is 15.4 Å². The number of nitrogens with two attached hydrogens (primary N) is 1. The summed E-state index contributed by atoms with van der Waals surface area (Å²) in [5, 5.41) is 0. The van der Waals surface area contributed by atoms with E-state index < -0.39 is 11.0 Å². The minimum atomic E-state index is -1.41. The molecule has 1 saturated heterocycles. The molecule has 2 atom stereocenters. The van der Waals surface area contributed by atoms with E-state index in [1.54, 1.807) is 24.5 Å². The van der Waals surface area contributed by atoms with Gasteiger partial charge in [0.1, 0.15) is 23.4 Å². The maximum atomic E-state index is 13.7. The molecule has 0 bridgehead atoms. The predicted octanol–water partition coefficient (Wildman–Crippen LogP) is 3.75. The molecule has 0 radical (unpaired) electrons. The number of hydrogen-bond donors (Lipinski definition) is 1. The van der Waals surface area contributed by atoms with E-state index in [1.165, 1.54) is 17.7 Å². The van der Waals surface area contributed by atoms with E-state index in [0.717, 1.165) is 30.1 Å². The smallest absolute Gasteiger partial charge is 0.171 e. The van der Waals surface area contributed by atoms with Crippen molar-refractivity contribution in [1.82, 2.24) is 9.29 Å². The van der Waals surface area contributed by atoms with Gasteiger partial charge in [-0.05, 0) is 61.9 Å². The first-order chi connectivity index (χ1) is 17.9. The van der Waals surface area contributed by atoms with Crippen molar-refractivity contribution in [1.29, 1.82) is 0 Å². The summed E-state index contributed by atoms with van der Waals surface area (Å²) in [5.41, 5.74) is 9.21. The Morgan fingerprint density at radius 2 is 2.14 bits per heavy atom. The van der Waals surface area contributed by atoms with Crippen molar-refractivity contribution in [2.45, 2.75) is 24.7 Å². The van der Waals surface area contributed by atoms with Crippen LogP contribution in [0, 0.1) is 11.2 Å². The number of nitrogens with zero attached hydrogens (tertiary/aromatic N) is 4. The summed E-state index contributed by atoms with van der Waals surface area (Å²) in [5.74, 6) is 1.12. The summed E-state index contributed by atoms with van der Waals surface area (Å²) in [4.78, 5) is 11.9. The molecule has 0 saturated carbocycles. The standard InChI is InChI=1S/C27H32FN5O3S/c1-3-35-18-27-14-19(15-29)24(31-22-6-4-21(28)5-7-22)12-20(27)8-9-33(17-27)37(34)23-13-25-26(30-16-23)32(2)10-11-36-25/h4-7,12-13,15-16H,3,8-11,14,17-18,29H2,1-2H3. The topological polar surface area (TPSA) is 93.3 Å². The molecule has 1 aromatic heterocycles. The average molecular weight is 526 g/mol. The number of benzene rings is 1. The Bertz CT molecular complexity index is 1280. The molecule has 1 fully saturated rings. The Balaban J connectivity index is 1.44. The molecule has 0 spiro atoms. The van der Waals surface area contributed by atoms with Crippen molar-refractivity contribution in [3.63, 3.8) is 0 Å². The summed E-state index contributed by atoms with van der Waals surface area (Å²) in [6.45, 7) is 5.55. The number of anilines is 1. The zero-order chi connectivity index (χ0) is 26.0. The van der Waals surface area contributed by atoms with Crippen LogP contribution in [0.4, 0.5) is 15.9 Å². The van der Waals surface area contributed by atoms with Crippen LogP contribution in [-0.2, 0) is 15.7 Å². The number of hydrogen-bond acceptors (Lipinski definition) is 7. The number of aliphatic imine (C=N–C) groups is 1. The number of rotatable bonds is 6. The van der Waals surface area contributed by atoms with Crippen molar-refractivity contribution < 1.29 is 18.1 Å². The zero-order valence-corrected chi connectivity index (χ0v) is 22.0. The highest BCUT2D eigenvalue weighted by Gasteiger charge is 2.45. The van der Waals surface area contributed by atoms with E-state index in [0.29, 0.717) is 55.7 Å². The summed E-state index contributed by atoms with van der Waals surface area (Å²) in [6.07, 6.45) is 6.67. The number of piperidine rings is 1. The Morgan fingerprint density at radius 3 is 2.89 bits per heavy atom. The molecule has 2 aliphatic heterocycles. The Labute approximate surface area is 219 Å². The maximum absolute atomic E-state index is 13.7. The fourth-order valence-electron chi connectivity index (χ4n) is 5.12. The van der Waals surface area contributed by atoms with E-state index in [-0.39, 0.29) is 11.2 Å². The third kappa shape index (κ3) is 5.18. The lowest BCUT2D eigenvalue weighted by atomic mass is 9.68. The summed E-state index contributed by atoms with van der Waals surface area (Å²) < 4.78 is 40.8. The van der Waals surface area contributed by atoms with Crippen LogP contribution in [0.3, 0.4) is 0 Å². The van der Waals surface area contributed by atoms with Gasteiger partial charge in [0.05, 0.1) is 29.4 Å². The van der Waals surface area contributed by atoms with Crippen molar-refractivity contribution in [2.75, 3.05) is 51.4 Å². The monoisotopic (exact) mass is 525 g/mol. The third-order valence-corrected chi connectivity index (χ3v) is 8.52. The number of fused-ring (bicyclic) bond motifs is 2. The van der Waals surface area contributed by atoms with E-state index in [4.69, 9.17) is 20.2 Å². The number of halogens is 1. The van der Waals surface area contributed by atoms with Gasteiger partial charge in [0.15, 0.2) is 11.6 Å². The molecule has 2 unspecified atom stereocenters. The Morgan fingerprint density at radius 1 is 1.32 bits per heavy atom. The first-order valence-corrected chi connectivity index (χ1v) is 13.6. The van der Waals surface area contributed by atoms with Crippen LogP contribution in [0.5, 0.6) is 5.75 Å². The molecule has 8 nitrogen and oxygen atoms in total. The van der Waals surface area contributed by atoms with Gasteiger partial charge in [0.25, 0.3) is 0 Å². The number of allylic oxidation sites excluding steroid dienone is 2. The van der Waals surface area contributed by atoms with E-state index in [9.17, 15) is 8.60 Å². The van der Waals surface area contributed by atoms with Crippen LogP contribution in [0.15, 0.2) is 69.8 Å². The first-order valence-electron chi connectivity index (χ1n) is 12.5. The van der Waals surface area contributed by atoms with Crippen LogP contribution in [0.1, 0.15) is 19.8 Å². The molecule has 2 aromatic rings. The largest absolute Gasteiger partial charge is 0.488 e. The van der Waals surface area contributed by atoms with Gasteiger partial charge in [-0.2, -0.15) is 0 Å². The quantitative estimate of drug-likeness (QED) is 0.618. The molecule has 37 heavy (non-hydrogen) atoms. The maximum Gasteiger partial charge on any atom is 0.171 e. The second kappa shape index (κ2) is 10.7. The molecular weight excluding hydrogens is 493 g/mol. The van der Waals surface area contributed by atoms with E-state index in [2.05, 4.69) is 11.1 Å². The summed E-state index contributed by atoms with van der Waals surface area (Å²) >= 11 is 0. The van der Waals surface area contributed by atoms with Gasteiger partial charge in [-0.25, -0.2) is 22.9 Å². The fourth-order valence-corrected chi connectivity index (χ4v) is 6.39. The number of likely N-dealkylation sites (N-methyl/N-ethyl adjacent to an activating group) is 1. The molecule has 3 heterocycles. The van der Waals surface area contributed by atoms with Crippen LogP contribution in [0.25, 0.3) is 0 Å². The van der Waals surface area contributed by atoms with Gasteiger partial charge in [0, 0.05) is 44.4 Å². The molecule has 196 valence electrons. The Kier molecular flexibility index (Phi) is 7.41. The lowest BCUT2D eigenvalue weighted by Gasteiger charge is -2.46. The lowest BCUT2D eigenvalue weighted by Crippen LogP contribution is -2.50.